The molecular weight excluding hydrogens is 340 g/mol. The fourth-order valence-electron chi connectivity index (χ4n) is 2.16. The Morgan fingerprint density at radius 3 is 2.52 bits per heavy atom. The van der Waals surface area contributed by atoms with E-state index in [0.29, 0.717) is 12.1 Å². The van der Waals surface area contributed by atoms with Crippen molar-refractivity contribution >= 4 is 15.9 Å². The van der Waals surface area contributed by atoms with Gasteiger partial charge in [0.1, 0.15) is 0 Å². The second kappa shape index (κ2) is 8.75. The van der Waals surface area contributed by atoms with Crippen LogP contribution in [-0.2, 0) is 21.3 Å². The maximum absolute atomic E-state index is 12.3. The third-order valence-electron chi connectivity index (χ3n) is 3.58. The monoisotopic (exact) mass is 362 g/mol. The lowest BCUT2D eigenvalue weighted by molar-refractivity contribution is 0.0950. The molecule has 7 heteroatoms. The van der Waals surface area contributed by atoms with Gasteiger partial charge in [0.2, 0.25) is 10.0 Å². The highest BCUT2D eigenvalue weighted by Crippen LogP contribution is 2.12. The number of aryl methyl sites for hydroxylation is 1. The maximum atomic E-state index is 12.3. The van der Waals surface area contributed by atoms with Crippen molar-refractivity contribution in [3.63, 3.8) is 0 Å². The first-order chi connectivity index (χ1) is 11.9. The normalized spacial score (nSPS) is 11.3. The molecule has 2 rings (SSSR count). The minimum atomic E-state index is -3.67. The van der Waals surface area contributed by atoms with Crippen molar-refractivity contribution in [3.8, 4) is 0 Å². The van der Waals surface area contributed by atoms with Crippen LogP contribution in [0.1, 0.15) is 21.5 Å². The van der Waals surface area contributed by atoms with Gasteiger partial charge >= 0.3 is 0 Å². The Bertz CT molecular complexity index is 817. The SMILES string of the molecule is COCCNS(=O)(=O)c1cccc(C(=O)NCc2ccc(C)cc2)c1. The van der Waals surface area contributed by atoms with Crippen LogP contribution in [0.2, 0.25) is 0 Å². The minimum absolute atomic E-state index is 0.0478. The molecule has 0 radical (unpaired) electrons. The predicted octanol–water partition coefficient (Wildman–Crippen LogP) is 1.85. The van der Waals surface area contributed by atoms with Crippen LogP contribution >= 0.6 is 0 Å². The number of sulfonamides is 1. The first-order valence-corrected chi connectivity index (χ1v) is 9.33. The Morgan fingerprint density at radius 2 is 1.84 bits per heavy atom. The standard InChI is InChI=1S/C18H22N2O4S/c1-14-6-8-15(9-7-14)13-19-18(21)16-4-3-5-17(12-16)25(22,23)20-10-11-24-2/h3-9,12,20H,10-11,13H2,1-2H3,(H,19,21). The molecule has 0 aliphatic heterocycles. The fraction of sp³-hybridized carbons (Fsp3) is 0.278. The summed E-state index contributed by atoms with van der Waals surface area (Å²) in [6.45, 7) is 2.82. The van der Waals surface area contributed by atoms with Crippen LogP contribution in [0.3, 0.4) is 0 Å². The van der Waals surface area contributed by atoms with Gasteiger partial charge in [0.15, 0.2) is 0 Å². The molecule has 6 nitrogen and oxygen atoms in total. The Kier molecular flexibility index (Phi) is 6.69. The van der Waals surface area contributed by atoms with Crippen molar-refractivity contribution in [1.82, 2.24) is 10.0 Å². The molecule has 2 N–H and O–H groups in total. The highest BCUT2D eigenvalue weighted by atomic mass is 32.2. The summed E-state index contributed by atoms with van der Waals surface area (Å²) in [4.78, 5) is 12.3. The number of benzene rings is 2. The molecule has 134 valence electrons. The van der Waals surface area contributed by atoms with Gasteiger partial charge in [0.05, 0.1) is 11.5 Å². The lowest BCUT2D eigenvalue weighted by atomic mass is 10.1. The Labute approximate surface area is 148 Å². The number of nitrogens with one attached hydrogen (secondary N) is 2. The third kappa shape index (κ3) is 5.67. The van der Waals surface area contributed by atoms with Crippen molar-refractivity contribution in [2.24, 2.45) is 0 Å². The molecule has 0 aromatic heterocycles. The molecule has 0 saturated heterocycles. The molecule has 25 heavy (non-hydrogen) atoms. The largest absolute Gasteiger partial charge is 0.383 e. The Hall–Kier alpha value is -2.22. The maximum Gasteiger partial charge on any atom is 0.251 e. The van der Waals surface area contributed by atoms with Gasteiger partial charge in [0, 0.05) is 25.8 Å². The summed E-state index contributed by atoms with van der Waals surface area (Å²) in [6.07, 6.45) is 0. The predicted molar refractivity (Wildman–Crippen MR) is 95.9 cm³/mol. The summed E-state index contributed by atoms with van der Waals surface area (Å²) in [5.74, 6) is -0.325. The van der Waals surface area contributed by atoms with Crippen LogP contribution in [-0.4, -0.2) is 34.6 Å². The lowest BCUT2D eigenvalue weighted by Crippen LogP contribution is -2.28. The zero-order valence-corrected chi connectivity index (χ0v) is 15.1. The van der Waals surface area contributed by atoms with E-state index in [9.17, 15) is 13.2 Å². The van der Waals surface area contributed by atoms with Crippen molar-refractivity contribution in [3.05, 3.63) is 65.2 Å². The van der Waals surface area contributed by atoms with Crippen LogP contribution in [0.25, 0.3) is 0 Å². The quantitative estimate of drug-likeness (QED) is 0.702. The zero-order valence-electron chi connectivity index (χ0n) is 14.3. The number of methoxy groups -OCH3 is 1. The molecule has 0 saturated carbocycles. The molecule has 0 spiro atoms. The van der Waals surface area contributed by atoms with Gasteiger partial charge in [-0.15, -0.1) is 0 Å². The van der Waals surface area contributed by atoms with E-state index < -0.39 is 10.0 Å². The average Bonchev–Trinajstić information content (AvgIpc) is 2.61. The Morgan fingerprint density at radius 1 is 1.12 bits per heavy atom. The first-order valence-electron chi connectivity index (χ1n) is 7.85. The second-order valence-corrected chi connectivity index (χ2v) is 7.35. The van der Waals surface area contributed by atoms with Crippen LogP contribution in [0.5, 0.6) is 0 Å². The number of carbonyl (C=O) groups excluding carboxylic acids is 1. The molecule has 0 aliphatic rings. The van der Waals surface area contributed by atoms with Gasteiger partial charge in [-0.05, 0) is 30.7 Å². The summed E-state index contributed by atoms with van der Waals surface area (Å²) in [5.41, 5.74) is 2.42. The molecule has 0 fully saturated rings. The molecule has 0 unspecified atom stereocenters. The summed E-state index contributed by atoms with van der Waals surface area (Å²) in [5, 5.41) is 2.79. The zero-order chi connectivity index (χ0) is 18.3. The van der Waals surface area contributed by atoms with Crippen molar-refractivity contribution in [2.45, 2.75) is 18.4 Å². The first kappa shape index (κ1) is 19.1. The van der Waals surface area contributed by atoms with Crippen LogP contribution in [0.4, 0.5) is 0 Å². The third-order valence-corrected chi connectivity index (χ3v) is 5.04. The Balaban J connectivity index is 2.04. The number of hydrogen-bond donors (Lipinski definition) is 2. The van der Waals surface area contributed by atoms with Crippen LogP contribution in [0, 0.1) is 6.92 Å². The molecule has 0 atom stereocenters. The molecule has 0 bridgehead atoms. The molecule has 2 aromatic carbocycles. The van der Waals surface area contributed by atoms with E-state index in [1.54, 1.807) is 12.1 Å². The number of amides is 1. The summed E-state index contributed by atoms with van der Waals surface area (Å²) >= 11 is 0. The number of hydrogen-bond acceptors (Lipinski definition) is 4. The van der Waals surface area contributed by atoms with Gasteiger partial charge in [-0.3, -0.25) is 4.79 Å². The second-order valence-electron chi connectivity index (χ2n) is 5.59. The van der Waals surface area contributed by atoms with Crippen LogP contribution in [0.15, 0.2) is 53.4 Å². The van der Waals surface area contributed by atoms with E-state index in [1.165, 1.54) is 19.2 Å². The van der Waals surface area contributed by atoms with E-state index in [4.69, 9.17) is 4.74 Å². The molecule has 0 heterocycles. The highest BCUT2D eigenvalue weighted by molar-refractivity contribution is 7.89. The topological polar surface area (TPSA) is 84.5 Å². The van der Waals surface area contributed by atoms with Gasteiger partial charge in [-0.25, -0.2) is 13.1 Å². The van der Waals surface area contributed by atoms with E-state index in [1.807, 2.05) is 31.2 Å². The molecule has 0 aliphatic carbocycles. The van der Waals surface area contributed by atoms with E-state index >= 15 is 0 Å². The highest BCUT2D eigenvalue weighted by Gasteiger charge is 2.15. The van der Waals surface area contributed by atoms with E-state index in [-0.39, 0.29) is 24.0 Å². The molecule has 1 amide bonds. The van der Waals surface area contributed by atoms with Gasteiger partial charge in [-0.2, -0.15) is 0 Å². The van der Waals surface area contributed by atoms with Crippen molar-refractivity contribution < 1.29 is 17.9 Å². The van der Waals surface area contributed by atoms with Gasteiger partial charge in [-0.1, -0.05) is 35.9 Å². The number of rotatable bonds is 8. The van der Waals surface area contributed by atoms with Crippen LogP contribution < -0.4 is 10.0 Å². The average molecular weight is 362 g/mol. The van der Waals surface area contributed by atoms with E-state index in [0.717, 1.165) is 11.1 Å². The van der Waals surface area contributed by atoms with E-state index in [2.05, 4.69) is 10.0 Å². The smallest absolute Gasteiger partial charge is 0.251 e. The number of ether oxygens (including phenoxy) is 1. The summed E-state index contributed by atoms with van der Waals surface area (Å²) in [6, 6.07) is 13.8. The van der Waals surface area contributed by atoms with Gasteiger partial charge in [0.25, 0.3) is 5.91 Å². The lowest BCUT2D eigenvalue weighted by Gasteiger charge is -2.09. The summed E-state index contributed by atoms with van der Waals surface area (Å²) in [7, 11) is -2.18. The molecule has 2 aromatic rings. The van der Waals surface area contributed by atoms with Crippen molar-refractivity contribution in [2.75, 3.05) is 20.3 Å². The minimum Gasteiger partial charge on any atom is -0.383 e. The fourth-order valence-corrected chi connectivity index (χ4v) is 3.21. The number of carbonyl (C=O) groups is 1. The van der Waals surface area contributed by atoms with Gasteiger partial charge < -0.3 is 10.1 Å². The molecular formula is C18H22N2O4S. The van der Waals surface area contributed by atoms with Crippen molar-refractivity contribution in [1.29, 1.82) is 0 Å². The summed E-state index contributed by atoms with van der Waals surface area (Å²) < 4.78 is 31.6.